The van der Waals surface area contributed by atoms with Crippen LogP contribution in [-0.2, 0) is 11.3 Å². The molecule has 0 bridgehead atoms. The first-order valence-electron chi connectivity index (χ1n) is 8.14. The van der Waals surface area contributed by atoms with Crippen LogP contribution in [-0.4, -0.2) is 18.3 Å². The van der Waals surface area contributed by atoms with Crippen LogP contribution in [0, 0.1) is 11.3 Å². The third-order valence-corrected chi connectivity index (χ3v) is 3.61. The van der Waals surface area contributed by atoms with Crippen LogP contribution in [0.25, 0.3) is 0 Å². The minimum absolute atomic E-state index is 0.0790. The van der Waals surface area contributed by atoms with Gasteiger partial charge < -0.3 is 10.1 Å². The van der Waals surface area contributed by atoms with Crippen LogP contribution in [0.4, 0.5) is 0 Å². The standard InChI is InChI=1S/C20H20N2O3/c1-2-25-18-8-6-17(7-9-18)19(23)10-11-20(24)22-14-16-5-3-4-15(12-16)13-21/h3-9,12H,2,10-11,14H2,1H3,(H,22,24). The van der Waals surface area contributed by atoms with Crippen molar-refractivity contribution in [3.8, 4) is 11.8 Å². The summed E-state index contributed by atoms with van der Waals surface area (Å²) in [6, 6.07) is 16.0. The quantitative estimate of drug-likeness (QED) is 0.751. The van der Waals surface area contributed by atoms with Crippen molar-refractivity contribution in [2.24, 2.45) is 0 Å². The number of rotatable bonds is 8. The molecule has 0 radical (unpaired) electrons. The highest BCUT2D eigenvalue weighted by molar-refractivity contribution is 5.98. The summed E-state index contributed by atoms with van der Waals surface area (Å²) in [6.45, 7) is 2.81. The van der Waals surface area contributed by atoms with Crippen LogP contribution in [0.15, 0.2) is 48.5 Å². The Hall–Kier alpha value is -3.13. The summed E-state index contributed by atoms with van der Waals surface area (Å²) in [5, 5.41) is 11.6. The van der Waals surface area contributed by atoms with E-state index < -0.39 is 0 Å². The molecule has 0 unspecified atom stereocenters. The number of ether oxygens (including phenoxy) is 1. The molecule has 2 rings (SSSR count). The number of amides is 1. The molecule has 2 aromatic rings. The van der Waals surface area contributed by atoms with Crippen LogP contribution >= 0.6 is 0 Å². The van der Waals surface area contributed by atoms with Crippen molar-refractivity contribution >= 4 is 11.7 Å². The highest BCUT2D eigenvalue weighted by Gasteiger charge is 2.09. The second kappa shape index (κ2) is 9.24. The second-order valence-corrected chi connectivity index (χ2v) is 5.47. The lowest BCUT2D eigenvalue weighted by molar-refractivity contribution is -0.121. The van der Waals surface area contributed by atoms with Gasteiger partial charge in [-0.25, -0.2) is 0 Å². The van der Waals surface area contributed by atoms with E-state index in [1.54, 1.807) is 42.5 Å². The van der Waals surface area contributed by atoms with E-state index in [4.69, 9.17) is 10.00 Å². The number of nitriles is 1. The smallest absolute Gasteiger partial charge is 0.220 e. The largest absolute Gasteiger partial charge is 0.494 e. The number of nitrogens with one attached hydrogen (secondary N) is 1. The van der Waals surface area contributed by atoms with Gasteiger partial charge in [0.05, 0.1) is 18.2 Å². The molecule has 128 valence electrons. The highest BCUT2D eigenvalue weighted by atomic mass is 16.5. The average molecular weight is 336 g/mol. The van der Waals surface area contributed by atoms with E-state index in [0.717, 1.165) is 11.3 Å². The zero-order valence-corrected chi connectivity index (χ0v) is 14.1. The van der Waals surface area contributed by atoms with Crippen molar-refractivity contribution in [1.82, 2.24) is 5.32 Å². The van der Waals surface area contributed by atoms with Gasteiger partial charge in [-0.05, 0) is 48.9 Å². The van der Waals surface area contributed by atoms with Crippen LogP contribution in [0.3, 0.4) is 0 Å². The fourth-order valence-electron chi connectivity index (χ4n) is 2.31. The molecule has 0 saturated heterocycles. The predicted molar refractivity (Wildman–Crippen MR) is 94.2 cm³/mol. The van der Waals surface area contributed by atoms with Gasteiger partial charge in [0.25, 0.3) is 0 Å². The van der Waals surface area contributed by atoms with Gasteiger partial charge in [0.1, 0.15) is 5.75 Å². The average Bonchev–Trinajstić information content (AvgIpc) is 2.65. The van der Waals surface area contributed by atoms with Crippen molar-refractivity contribution in [2.75, 3.05) is 6.61 Å². The van der Waals surface area contributed by atoms with Gasteiger partial charge in [-0.3, -0.25) is 9.59 Å². The number of hydrogen-bond acceptors (Lipinski definition) is 4. The van der Waals surface area contributed by atoms with Gasteiger partial charge in [0.2, 0.25) is 5.91 Å². The molecule has 25 heavy (non-hydrogen) atoms. The van der Waals surface area contributed by atoms with Gasteiger partial charge >= 0.3 is 0 Å². The van der Waals surface area contributed by atoms with Gasteiger partial charge in [0, 0.05) is 24.9 Å². The van der Waals surface area contributed by atoms with Crippen molar-refractivity contribution in [1.29, 1.82) is 5.26 Å². The Balaban J connectivity index is 1.79. The summed E-state index contributed by atoms with van der Waals surface area (Å²) >= 11 is 0. The predicted octanol–water partition coefficient (Wildman–Crippen LogP) is 3.24. The van der Waals surface area contributed by atoms with Crippen LogP contribution in [0.1, 0.15) is 41.3 Å². The van der Waals surface area contributed by atoms with Gasteiger partial charge in [0.15, 0.2) is 5.78 Å². The minimum Gasteiger partial charge on any atom is -0.494 e. The molecule has 0 fully saturated rings. The summed E-state index contributed by atoms with van der Waals surface area (Å²) in [7, 11) is 0. The van der Waals surface area contributed by atoms with Crippen molar-refractivity contribution < 1.29 is 14.3 Å². The Labute approximate surface area is 147 Å². The highest BCUT2D eigenvalue weighted by Crippen LogP contribution is 2.14. The second-order valence-electron chi connectivity index (χ2n) is 5.47. The normalized spacial score (nSPS) is 9.92. The first-order valence-corrected chi connectivity index (χ1v) is 8.14. The first kappa shape index (κ1) is 18.2. The number of Topliss-reactive ketones (excluding diaryl/α,β-unsaturated/α-hetero) is 1. The van der Waals surface area contributed by atoms with E-state index in [2.05, 4.69) is 11.4 Å². The summed E-state index contributed by atoms with van der Waals surface area (Å²) in [5.41, 5.74) is 1.97. The zero-order chi connectivity index (χ0) is 18.1. The molecule has 1 amide bonds. The topological polar surface area (TPSA) is 79.2 Å². The molecule has 0 aliphatic heterocycles. The molecule has 0 saturated carbocycles. The molecular formula is C20H20N2O3. The number of carbonyl (C=O) groups excluding carboxylic acids is 2. The maximum absolute atomic E-state index is 12.1. The molecule has 0 aromatic heterocycles. The third-order valence-electron chi connectivity index (χ3n) is 3.61. The molecule has 5 nitrogen and oxygen atoms in total. The molecule has 0 spiro atoms. The summed E-state index contributed by atoms with van der Waals surface area (Å²) in [4.78, 5) is 24.0. The maximum Gasteiger partial charge on any atom is 0.220 e. The van der Waals surface area contributed by atoms with Crippen molar-refractivity contribution in [3.05, 3.63) is 65.2 Å². The fraction of sp³-hybridized carbons (Fsp3) is 0.250. The molecule has 0 atom stereocenters. The van der Waals surface area contributed by atoms with E-state index in [1.807, 2.05) is 13.0 Å². The monoisotopic (exact) mass is 336 g/mol. The number of ketones is 1. The molecule has 2 aromatic carbocycles. The SMILES string of the molecule is CCOc1ccc(C(=O)CCC(=O)NCc2cccc(C#N)c2)cc1. The molecule has 5 heteroatoms. The summed E-state index contributed by atoms with van der Waals surface area (Å²) in [5.74, 6) is 0.447. The summed E-state index contributed by atoms with van der Waals surface area (Å²) < 4.78 is 5.33. The lowest BCUT2D eigenvalue weighted by Crippen LogP contribution is -2.23. The van der Waals surface area contributed by atoms with E-state index in [1.165, 1.54) is 0 Å². The van der Waals surface area contributed by atoms with Gasteiger partial charge in [-0.15, -0.1) is 0 Å². The van der Waals surface area contributed by atoms with E-state index in [0.29, 0.717) is 24.3 Å². The van der Waals surface area contributed by atoms with Crippen molar-refractivity contribution in [2.45, 2.75) is 26.3 Å². The molecule has 1 N–H and O–H groups in total. The summed E-state index contributed by atoms with van der Waals surface area (Å²) in [6.07, 6.45) is 0.280. The Morgan fingerprint density at radius 1 is 1.12 bits per heavy atom. The van der Waals surface area contributed by atoms with Crippen LogP contribution in [0.5, 0.6) is 5.75 Å². The lowest BCUT2D eigenvalue weighted by Gasteiger charge is -2.06. The van der Waals surface area contributed by atoms with E-state index >= 15 is 0 Å². The zero-order valence-electron chi connectivity index (χ0n) is 14.1. The Bertz CT molecular complexity index is 776. The molecule has 0 heterocycles. The Morgan fingerprint density at radius 2 is 1.88 bits per heavy atom. The van der Waals surface area contributed by atoms with Crippen LogP contribution < -0.4 is 10.1 Å². The van der Waals surface area contributed by atoms with Gasteiger partial charge in [-0.1, -0.05) is 12.1 Å². The van der Waals surface area contributed by atoms with Crippen LogP contribution in [0.2, 0.25) is 0 Å². The molecule has 0 aliphatic rings. The van der Waals surface area contributed by atoms with Crippen molar-refractivity contribution in [3.63, 3.8) is 0 Å². The fourth-order valence-corrected chi connectivity index (χ4v) is 2.31. The first-order chi connectivity index (χ1) is 12.1. The third kappa shape index (κ3) is 5.78. The van der Waals surface area contributed by atoms with E-state index in [9.17, 15) is 9.59 Å². The van der Waals surface area contributed by atoms with Gasteiger partial charge in [-0.2, -0.15) is 5.26 Å². The Kier molecular flexibility index (Phi) is 6.73. The molecular weight excluding hydrogens is 316 g/mol. The number of hydrogen-bond donors (Lipinski definition) is 1. The molecule has 0 aliphatic carbocycles. The number of carbonyl (C=O) groups is 2. The number of nitrogens with zero attached hydrogens (tertiary/aromatic N) is 1. The van der Waals surface area contributed by atoms with E-state index in [-0.39, 0.29) is 24.5 Å². The number of benzene rings is 2. The lowest BCUT2D eigenvalue weighted by atomic mass is 10.1. The Morgan fingerprint density at radius 3 is 2.56 bits per heavy atom. The maximum atomic E-state index is 12.1. The minimum atomic E-state index is -0.193.